The second kappa shape index (κ2) is 6.99. The molecule has 4 aliphatic carbocycles. The van der Waals surface area contributed by atoms with Crippen LogP contribution in [-0.2, 0) is 14.7 Å². The van der Waals surface area contributed by atoms with Crippen LogP contribution in [0.2, 0.25) is 0 Å². The summed E-state index contributed by atoms with van der Waals surface area (Å²) in [5, 5.41) is 0. The first-order chi connectivity index (χ1) is 17.6. The van der Waals surface area contributed by atoms with Gasteiger partial charge in [0.15, 0.2) is 0 Å². The zero-order valence-corrected chi connectivity index (χ0v) is 22.8. The third-order valence-corrected chi connectivity index (χ3v) is 11.6. The van der Waals surface area contributed by atoms with Crippen LogP contribution < -0.4 is 5.46 Å². The summed E-state index contributed by atoms with van der Waals surface area (Å²) in [6, 6.07) is 25.5. The predicted octanol–water partition coefficient (Wildman–Crippen LogP) is 7.38. The summed E-state index contributed by atoms with van der Waals surface area (Å²) in [4.78, 5) is 0. The van der Waals surface area contributed by atoms with E-state index in [4.69, 9.17) is 9.31 Å². The first kappa shape index (κ1) is 22.6. The van der Waals surface area contributed by atoms with E-state index in [-0.39, 0.29) is 23.7 Å². The highest BCUT2D eigenvalue weighted by molar-refractivity contribution is 6.62. The zero-order valence-electron chi connectivity index (χ0n) is 22.8. The molecule has 3 aromatic rings. The summed E-state index contributed by atoms with van der Waals surface area (Å²) in [6.07, 6.45) is 5.75. The molecule has 3 heteroatoms. The highest BCUT2D eigenvalue weighted by atomic mass is 16.7. The van der Waals surface area contributed by atoms with Crippen molar-refractivity contribution in [1.82, 2.24) is 0 Å². The minimum absolute atomic E-state index is 0.170. The van der Waals surface area contributed by atoms with Crippen molar-refractivity contribution in [2.24, 2.45) is 23.2 Å². The second-order valence-corrected chi connectivity index (χ2v) is 13.9. The van der Waals surface area contributed by atoms with Gasteiger partial charge < -0.3 is 9.31 Å². The van der Waals surface area contributed by atoms with Gasteiger partial charge in [-0.05, 0) is 121 Å². The first-order valence-corrected chi connectivity index (χ1v) is 14.4. The molecule has 8 rings (SSSR count). The number of fused-ring (bicyclic) bond motifs is 7. The van der Waals surface area contributed by atoms with Crippen molar-refractivity contribution in [3.05, 3.63) is 77.9 Å². The van der Waals surface area contributed by atoms with Gasteiger partial charge in [-0.25, -0.2) is 0 Å². The Morgan fingerprint density at radius 3 is 2.11 bits per heavy atom. The topological polar surface area (TPSA) is 18.5 Å². The molecule has 2 bridgehead atoms. The molecule has 3 aromatic carbocycles. The van der Waals surface area contributed by atoms with Gasteiger partial charge in [0.25, 0.3) is 0 Å². The lowest BCUT2D eigenvalue weighted by molar-refractivity contribution is 0.00578. The summed E-state index contributed by atoms with van der Waals surface area (Å²) in [5.41, 5.74) is 10.0. The van der Waals surface area contributed by atoms with Crippen LogP contribution in [0, 0.1) is 23.2 Å². The Morgan fingerprint density at radius 1 is 0.703 bits per heavy atom. The van der Waals surface area contributed by atoms with Crippen molar-refractivity contribution in [1.29, 1.82) is 0 Å². The fourth-order valence-electron chi connectivity index (χ4n) is 9.09. The smallest absolute Gasteiger partial charge is 0.399 e. The molecule has 188 valence electrons. The van der Waals surface area contributed by atoms with Gasteiger partial charge in [0.2, 0.25) is 0 Å². The van der Waals surface area contributed by atoms with Crippen molar-refractivity contribution in [2.75, 3.05) is 0 Å². The molecule has 0 amide bonds. The molecule has 1 heterocycles. The van der Waals surface area contributed by atoms with E-state index in [1.165, 1.54) is 47.9 Å². The van der Waals surface area contributed by atoms with Gasteiger partial charge in [0.05, 0.1) is 11.2 Å². The van der Waals surface area contributed by atoms with Gasteiger partial charge >= 0.3 is 7.12 Å². The maximum absolute atomic E-state index is 6.30. The van der Waals surface area contributed by atoms with Crippen molar-refractivity contribution in [2.45, 2.75) is 76.9 Å². The average Bonchev–Trinajstić information content (AvgIpc) is 3.17. The summed E-state index contributed by atoms with van der Waals surface area (Å²) in [5.74, 6) is 2.45. The fraction of sp³-hybridized carbons (Fsp3) is 0.471. The van der Waals surface area contributed by atoms with Crippen LogP contribution in [0.5, 0.6) is 0 Å². The monoisotopic (exact) mass is 488 g/mol. The lowest BCUT2D eigenvalue weighted by Gasteiger charge is -2.48. The van der Waals surface area contributed by atoms with Crippen LogP contribution in [0.4, 0.5) is 0 Å². The minimum atomic E-state index is -0.324. The first-order valence-electron chi connectivity index (χ1n) is 14.4. The molecule has 5 atom stereocenters. The van der Waals surface area contributed by atoms with Crippen LogP contribution in [0.15, 0.2) is 66.7 Å². The fourth-order valence-corrected chi connectivity index (χ4v) is 9.09. The highest BCUT2D eigenvalue weighted by Crippen LogP contribution is 2.78. The van der Waals surface area contributed by atoms with E-state index in [0.29, 0.717) is 11.3 Å². The largest absolute Gasteiger partial charge is 0.494 e. The predicted molar refractivity (Wildman–Crippen MR) is 151 cm³/mol. The zero-order chi connectivity index (χ0) is 25.4. The SMILES string of the molecule is CC1CC23CC2CC(C3)C12c1ccccc1-c1ccc(-c3ccc(B4OC(C)(C)C(C)(C)O4)cc3)cc12. The molecule has 3 saturated carbocycles. The molecular formula is C34H37BO2. The quantitative estimate of drug-likeness (QED) is 0.351. The summed E-state index contributed by atoms with van der Waals surface area (Å²) in [7, 11) is -0.318. The number of benzene rings is 3. The van der Waals surface area contributed by atoms with E-state index in [0.717, 1.165) is 17.3 Å². The van der Waals surface area contributed by atoms with Crippen LogP contribution >= 0.6 is 0 Å². The maximum Gasteiger partial charge on any atom is 0.494 e. The molecule has 0 N–H and O–H groups in total. The molecule has 0 aromatic heterocycles. The van der Waals surface area contributed by atoms with E-state index < -0.39 is 0 Å². The van der Waals surface area contributed by atoms with Crippen molar-refractivity contribution >= 4 is 12.6 Å². The Bertz CT molecular complexity index is 1420. The molecule has 5 unspecified atom stereocenters. The van der Waals surface area contributed by atoms with Gasteiger partial charge in [-0.15, -0.1) is 0 Å². The maximum atomic E-state index is 6.30. The molecule has 0 radical (unpaired) electrons. The Kier molecular flexibility index (Phi) is 4.27. The Balaban J connectivity index is 1.19. The Labute approximate surface area is 221 Å². The van der Waals surface area contributed by atoms with E-state index in [1.54, 1.807) is 11.1 Å². The molecule has 1 saturated heterocycles. The van der Waals surface area contributed by atoms with Crippen molar-refractivity contribution in [3.8, 4) is 22.3 Å². The summed E-state index contributed by atoms with van der Waals surface area (Å²) in [6.45, 7) is 11.0. The summed E-state index contributed by atoms with van der Waals surface area (Å²) < 4.78 is 12.6. The average molecular weight is 488 g/mol. The standard InChI is InChI=1S/C34H37BO2/c1-21-18-33-19-24(33)17-25(20-33)34(21)29-9-7-6-8-27(29)28-15-12-23(16-30(28)34)22-10-13-26(14-11-22)35-36-31(2,3)32(4,5)37-35/h6-16,21,24-25H,17-20H2,1-5H3. The summed E-state index contributed by atoms with van der Waals surface area (Å²) >= 11 is 0. The molecule has 4 fully saturated rings. The van der Waals surface area contributed by atoms with Crippen LogP contribution in [0.25, 0.3) is 22.3 Å². The number of hydrogen-bond acceptors (Lipinski definition) is 2. The van der Waals surface area contributed by atoms with Gasteiger partial charge in [0, 0.05) is 5.41 Å². The number of hydrogen-bond donors (Lipinski definition) is 0. The van der Waals surface area contributed by atoms with Crippen LogP contribution in [0.1, 0.15) is 71.4 Å². The number of rotatable bonds is 2. The van der Waals surface area contributed by atoms with Crippen LogP contribution in [-0.4, -0.2) is 18.3 Å². The highest BCUT2D eigenvalue weighted by Gasteiger charge is 2.70. The van der Waals surface area contributed by atoms with Gasteiger partial charge in [-0.2, -0.15) is 0 Å². The molecule has 1 aliphatic heterocycles. The molecule has 2 nitrogen and oxygen atoms in total. The van der Waals surface area contributed by atoms with Crippen molar-refractivity contribution in [3.63, 3.8) is 0 Å². The molecular weight excluding hydrogens is 451 g/mol. The van der Waals surface area contributed by atoms with E-state index in [2.05, 4.69) is 101 Å². The van der Waals surface area contributed by atoms with Gasteiger partial charge in [0.1, 0.15) is 0 Å². The van der Waals surface area contributed by atoms with Crippen LogP contribution in [0.3, 0.4) is 0 Å². The molecule has 5 aliphatic rings. The normalized spacial score (nSPS) is 35.4. The second-order valence-electron chi connectivity index (χ2n) is 13.9. The van der Waals surface area contributed by atoms with Gasteiger partial charge in [-0.1, -0.05) is 67.6 Å². The molecule has 37 heavy (non-hydrogen) atoms. The lowest BCUT2D eigenvalue weighted by Crippen LogP contribution is -2.44. The Hall–Kier alpha value is -2.36. The third-order valence-electron chi connectivity index (χ3n) is 11.6. The Morgan fingerprint density at radius 2 is 1.35 bits per heavy atom. The molecule has 2 spiro atoms. The third kappa shape index (κ3) is 2.80. The lowest BCUT2D eigenvalue weighted by atomic mass is 9.54. The van der Waals surface area contributed by atoms with Gasteiger partial charge in [-0.3, -0.25) is 0 Å². The van der Waals surface area contributed by atoms with E-state index in [9.17, 15) is 0 Å². The minimum Gasteiger partial charge on any atom is -0.399 e. The van der Waals surface area contributed by atoms with E-state index >= 15 is 0 Å². The van der Waals surface area contributed by atoms with E-state index in [1.807, 2.05) is 0 Å². The van der Waals surface area contributed by atoms with Crippen molar-refractivity contribution < 1.29 is 9.31 Å².